The smallest absolute Gasteiger partial charge is 0.407 e. The standard InChI is InChI=1S/C17H32N2O2/c1-16(2,3)21-15(20)19-14-11-13(14)18-12-7-6-9-17(4,5)10-8-12/h12-14,18H,6-11H2,1-5H3,(H,19,20). The second-order valence-electron chi connectivity index (χ2n) is 8.55. The minimum absolute atomic E-state index is 0.246. The van der Waals surface area contributed by atoms with Crippen LogP contribution in [0.4, 0.5) is 4.79 Å². The van der Waals surface area contributed by atoms with E-state index in [0.29, 0.717) is 17.5 Å². The van der Waals surface area contributed by atoms with E-state index < -0.39 is 5.60 Å². The van der Waals surface area contributed by atoms with Crippen molar-refractivity contribution in [2.45, 2.75) is 96.9 Å². The first-order valence-corrected chi connectivity index (χ1v) is 8.40. The topological polar surface area (TPSA) is 50.4 Å². The quantitative estimate of drug-likeness (QED) is 0.782. The van der Waals surface area contributed by atoms with Crippen LogP contribution in [0.5, 0.6) is 0 Å². The highest BCUT2D eigenvalue weighted by Gasteiger charge is 2.40. The average molecular weight is 296 g/mol. The molecule has 0 heterocycles. The molecule has 0 saturated heterocycles. The third-order valence-electron chi connectivity index (χ3n) is 4.52. The number of rotatable bonds is 3. The molecule has 2 rings (SSSR count). The Hall–Kier alpha value is -0.770. The van der Waals surface area contributed by atoms with Crippen molar-refractivity contribution in [3.8, 4) is 0 Å². The molecule has 0 aromatic carbocycles. The van der Waals surface area contributed by atoms with Crippen molar-refractivity contribution in [1.82, 2.24) is 10.6 Å². The zero-order valence-corrected chi connectivity index (χ0v) is 14.3. The molecule has 21 heavy (non-hydrogen) atoms. The van der Waals surface area contributed by atoms with Gasteiger partial charge in [0.25, 0.3) is 0 Å². The highest BCUT2D eigenvalue weighted by Crippen LogP contribution is 2.35. The minimum Gasteiger partial charge on any atom is -0.444 e. The monoisotopic (exact) mass is 296 g/mol. The number of carbonyl (C=O) groups excluding carboxylic acids is 1. The van der Waals surface area contributed by atoms with E-state index in [2.05, 4.69) is 24.5 Å². The van der Waals surface area contributed by atoms with Gasteiger partial charge >= 0.3 is 6.09 Å². The number of nitrogens with one attached hydrogen (secondary N) is 2. The Balaban J connectivity index is 1.69. The molecule has 2 aliphatic carbocycles. The molecule has 2 aliphatic rings. The van der Waals surface area contributed by atoms with Crippen LogP contribution < -0.4 is 10.6 Å². The van der Waals surface area contributed by atoms with Crippen molar-refractivity contribution in [1.29, 1.82) is 0 Å². The second-order valence-corrected chi connectivity index (χ2v) is 8.55. The Bertz CT molecular complexity index is 373. The van der Waals surface area contributed by atoms with Gasteiger partial charge in [-0.25, -0.2) is 4.79 Å². The summed E-state index contributed by atoms with van der Waals surface area (Å²) in [6.45, 7) is 10.4. The van der Waals surface area contributed by atoms with E-state index in [9.17, 15) is 4.79 Å². The minimum atomic E-state index is -0.422. The summed E-state index contributed by atoms with van der Waals surface area (Å²) in [5.74, 6) is 0. The highest BCUT2D eigenvalue weighted by atomic mass is 16.6. The summed E-state index contributed by atoms with van der Waals surface area (Å²) in [4.78, 5) is 11.7. The number of hydrogen-bond acceptors (Lipinski definition) is 3. The van der Waals surface area contributed by atoms with Gasteiger partial charge in [0.2, 0.25) is 0 Å². The van der Waals surface area contributed by atoms with Gasteiger partial charge in [-0.05, 0) is 58.3 Å². The lowest BCUT2D eigenvalue weighted by atomic mass is 9.85. The van der Waals surface area contributed by atoms with Crippen LogP contribution in [0.2, 0.25) is 0 Å². The predicted octanol–water partition coefficient (Wildman–Crippen LogP) is 3.60. The first kappa shape index (κ1) is 16.6. The molecule has 2 N–H and O–H groups in total. The fraction of sp³-hybridized carbons (Fsp3) is 0.941. The molecule has 0 radical (unpaired) electrons. The van der Waals surface area contributed by atoms with E-state index in [1.54, 1.807) is 0 Å². The molecule has 0 aromatic rings. The number of carbonyl (C=O) groups is 1. The van der Waals surface area contributed by atoms with Crippen LogP contribution in [-0.4, -0.2) is 29.8 Å². The van der Waals surface area contributed by atoms with Crippen LogP contribution in [-0.2, 0) is 4.74 Å². The maximum atomic E-state index is 11.7. The second kappa shape index (κ2) is 6.15. The number of alkyl carbamates (subject to hydrolysis) is 1. The lowest BCUT2D eigenvalue weighted by molar-refractivity contribution is 0.0521. The van der Waals surface area contributed by atoms with Crippen LogP contribution in [0.15, 0.2) is 0 Å². The predicted molar refractivity (Wildman–Crippen MR) is 85.4 cm³/mol. The Morgan fingerprint density at radius 1 is 1.14 bits per heavy atom. The summed E-state index contributed by atoms with van der Waals surface area (Å²) < 4.78 is 5.30. The summed E-state index contributed by atoms with van der Waals surface area (Å²) in [6, 6.07) is 1.29. The largest absolute Gasteiger partial charge is 0.444 e. The van der Waals surface area contributed by atoms with Crippen molar-refractivity contribution in [3.63, 3.8) is 0 Å². The summed E-state index contributed by atoms with van der Waals surface area (Å²) in [5, 5.41) is 6.68. The zero-order chi connectivity index (χ0) is 15.7. The van der Waals surface area contributed by atoms with Gasteiger partial charge < -0.3 is 15.4 Å². The number of hydrogen-bond donors (Lipinski definition) is 2. The molecule has 0 aliphatic heterocycles. The van der Waals surface area contributed by atoms with Gasteiger partial charge in [-0.2, -0.15) is 0 Å². The van der Waals surface area contributed by atoms with Crippen molar-refractivity contribution in [3.05, 3.63) is 0 Å². The van der Waals surface area contributed by atoms with Gasteiger partial charge in [0.05, 0.1) is 0 Å². The summed E-state index contributed by atoms with van der Waals surface area (Å²) in [5.41, 5.74) is 0.0723. The van der Waals surface area contributed by atoms with Crippen LogP contribution >= 0.6 is 0 Å². The van der Waals surface area contributed by atoms with Crippen LogP contribution in [0, 0.1) is 5.41 Å². The Morgan fingerprint density at radius 2 is 1.86 bits per heavy atom. The van der Waals surface area contributed by atoms with Crippen molar-refractivity contribution in [2.75, 3.05) is 0 Å². The first-order chi connectivity index (χ1) is 9.65. The number of amides is 1. The molecule has 1 amide bonds. The highest BCUT2D eigenvalue weighted by molar-refractivity contribution is 5.68. The number of ether oxygens (including phenoxy) is 1. The fourth-order valence-corrected chi connectivity index (χ4v) is 3.13. The van der Waals surface area contributed by atoms with E-state index in [1.807, 2.05) is 20.8 Å². The summed E-state index contributed by atoms with van der Waals surface area (Å²) in [6.07, 6.45) is 7.18. The molecule has 4 heteroatoms. The summed E-state index contributed by atoms with van der Waals surface area (Å²) in [7, 11) is 0. The molecule has 4 nitrogen and oxygen atoms in total. The van der Waals surface area contributed by atoms with Gasteiger partial charge in [-0.3, -0.25) is 0 Å². The van der Waals surface area contributed by atoms with Crippen LogP contribution in [0.25, 0.3) is 0 Å². The third-order valence-corrected chi connectivity index (χ3v) is 4.52. The molecular weight excluding hydrogens is 264 g/mol. The molecule has 0 spiro atoms. The van der Waals surface area contributed by atoms with Crippen LogP contribution in [0.3, 0.4) is 0 Å². The first-order valence-electron chi connectivity index (χ1n) is 8.40. The van der Waals surface area contributed by atoms with Gasteiger partial charge in [0, 0.05) is 18.1 Å². The molecule has 3 unspecified atom stereocenters. The zero-order valence-electron chi connectivity index (χ0n) is 14.3. The van der Waals surface area contributed by atoms with Gasteiger partial charge in [-0.15, -0.1) is 0 Å². The molecular formula is C17H32N2O2. The molecule has 2 fully saturated rings. The summed E-state index contributed by atoms with van der Waals surface area (Å²) >= 11 is 0. The maximum absolute atomic E-state index is 11.7. The van der Waals surface area contributed by atoms with Crippen molar-refractivity contribution in [2.24, 2.45) is 5.41 Å². The molecule has 2 saturated carbocycles. The Labute approximate surface area is 129 Å². The Kier molecular flexibility index (Phi) is 4.86. The Morgan fingerprint density at radius 3 is 2.52 bits per heavy atom. The van der Waals surface area contributed by atoms with Gasteiger partial charge in [0.1, 0.15) is 5.60 Å². The van der Waals surface area contributed by atoms with E-state index in [-0.39, 0.29) is 12.1 Å². The van der Waals surface area contributed by atoms with E-state index in [1.165, 1.54) is 32.1 Å². The van der Waals surface area contributed by atoms with Gasteiger partial charge in [-0.1, -0.05) is 20.3 Å². The van der Waals surface area contributed by atoms with E-state index >= 15 is 0 Å². The fourth-order valence-electron chi connectivity index (χ4n) is 3.13. The molecule has 0 bridgehead atoms. The lowest BCUT2D eigenvalue weighted by Gasteiger charge is -2.22. The lowest BCUT2D eigenvalue weighted by Crippen LogP contribution is -2.39. The third kappa shape index (κ3) is 5.85. The van der Waals surface area contributed by atoms with Gasteiger partial charge in [0.15, 0.2) is 0 Å². The van der Waals surface area contributed by atoms with Crippen LogP contribution in [0.1, 0.15) is 73.1 Å². The SMILES string of the molecule is CC1(C)CCCC(NC2CC2NC(=O)OC(C)(C)C)CC1. The maximum Gasteiger partial charge on any atom is 0.407 e. The molecule has 0 aromatic heterocycles. The van der Waals surface area contributed by atoms with Crippen molar-refractivity contribution >= 4 is 6.09 Å². The van der Waals surface area contributed by atoms with Crippen molar-refractivity contribution < 1.29 is 9.53 Å². The van der Waals surface area contributed by atoms with E-state index in [4.69, 9.17) is 4.74 Å². The van der Waals surface area contributed by atoms with E-state index in [0.717, 1.165) is 6.42 Å². The molecule has 122 valence electrons. The normalized spacial score (nSPS) is 32.1. The molecule has 3 atom stereocenters. The average Bonchev–Trinajstić information content (AvgIpc) is 3.02.